The summed E-state index contributed by atoms with van der Waals surface area (Å²) in [6.45, 7) is 5.66. The Morgan fingerprint density at radius 2 is 1.80 bits per heavy atom. The van der Waals surface area contributed by atoms with Crippen LogP contribution in [0.2, 0.25) is 0 Å². The maximum Gasteiger partial charge on any atom is 0.238 e. The Morgan fingerprint density at radius 1 is 1.16 bits per heavy atom. The molecule has 2 aromatic carbocycles. The van der Waals surface area contributed by atoms with E-state index in [0.29, 0.717) is 12.1 Å². The summed E-state index contributed by atoms with van der Waals surface area (Å²) in [5, 5.41) is 8.12. The summed E-state index contributed by atoms with van der Waals surface area (Å²) >= 11 is 0. The first-order chi connectivity index (χ1) is 11.7. The first-order valence-electron chi connectivity index (χ1n) is 8.24. The highest BCUT2D eigenvalue weighted by molar-refractivity contribution is 7.89. The Balaban J connectivity index is 2.37. The lowest BCUT2D eigenvalue weighted by Crippen LogP contribution is -2.22. The van der Waals surface area contributed by atoms with Gasteiger partial charge in [-0.05, 0) is 49.1 Å². The number of primary sulfonamides is 1. The zero-order chi connectivity index (χ0) is 18.6. The van der Waals surface area contributed by atoms with Gasteiger partial charge in [-0.3, -0.25) is 4.79 Å². The topological polar surface area (TPSA) is 89.3 Å². The second-order valence-electron chi connectivity index (χ2n) is 6.20. The van der Waals surface area contributed by atoms with Gasteiger partial charge in [0, 0.05) is 5.69 Å². The lowest BCUT2D eigenvalue weighted by molar-refractivity contribution is -0.117. The van der Waals surface area contributed by atoms with Gasteiger partial charge in [-0.25, -0.2) is 13.6 Å². The molecule has 0 aliphatic heterocycles. The molecule has 1 atom stereocenters. The molecule has 134 valence electrons. The van der Waals surface area contributed by atoms with E-state index in [4.69, 9.17) is 5.14 Å². The fraction of sp³-hybridized carbons (Fsp3) is 0.316. The van der Waals surface area contributed by atoms with Gasteiger partial charge in [0.2, 0.25) is 15.9 Å². The van der Waals surface area contributed by atoms with Crippen molar-refractivity contribution in [3.05, 3.63) is 59.2 Å². The lowest BCUT2D eigenvalue weighted by Gasteiger charge is -2.19. The van der Waals surface area contributed by atoms with E-state index in [1.54, 1.807) is 6.92 Å². The van der Waals surface area contributed by atoms with Crippen LogP contribution in [0.5, 0.6) is 0 Å². The molecule has 0 heterocycles. The minimum Gasteiger partial charge on any atom is -0.325 e. The number of carbonyl (C=O) groups is 1. The molecule has 0 radical (unpaired) electrons. The summed E-state index contributed by atoms with van der Waals surface area (Å²) in [6.07, 6.45) is 1.57. The number of nitrogens with one attached hydrogen (secondary N) is 1. The largest absolute Gasteiger partial charge is 0.325 e. The highest BCUT2D eigenvalue weighted by Gasteiger charge is 2.21. The molecule has 5 nitrogen and oxygen atoms in total. The van der Waals surface area contributed by atoms with Gasteiger partial charge in [0.15, 0.2) is 0 Å². The van der Waals surface area contributed by atoms with E-state index < -0.39 is 10.0 Å². The molecule has 6 heteroatoms. The predicted molar refractivity (Wildman–Crippen MR) is 100 cm³/mol. The van der Waals surface area contributed by atoms with Crippen LogP contribution in [0.3, 0.4) is 0 Å². The third-order valence-corrected chi connectivity index (χ3v) is 5.22. The molecule has 0 unspecified atom stereocenters. The van der Waals surface area contributed by atoms with Crippen molar-refractivity contribution in [2.45, 2.75) is 44.4 Å². The Labute approximate surface area is 149 Å². The van der Waals surface area contributed by atoms with Crippen LogP contribution in [0.4, 0.5) is 5.69 Å². The van der Waals surface area contributed by atoms with Gasteiger partial charge >= 0.3 is 0 Å². The Morgan fingerprint density at radius 3 is 2.36 bits per heavy atom. The van der Waals surface area contributed by atoms with Crippen LogP contribution in [0.1, 0.15) is 42.4 Å². The summed E-state index contributed by atoms with van der Waals surface area (Å²) in [7, 11) is -3.83. The maximum absolute atomic E-state index is 12.8. The molecule has 0 aliphatic rings. The summed E-state index contributed by atoms with van der Waals surface area (Å²) in [6, 6.07) is 12.5. The van der Waals surface area contributed by atoms with Gasteiger partial charge in [0.05, 0.1) is 10.8 Å². The molecule has 0 saturated heterocycles. The summed E-state index contributed by atoms with van der Waals surface area (Å²) in [4.78, 5) is 12.8. The van der Waals surface area contributed by atoms with Gasteiger partial charge in [0.1, 0.15) is 0 Å². The second-order valence-corrected chi connectivity index (χ2v) is 7.76. The van der Waals surface area contributed by atoms with Gasteiger partial charge in [-0.1, -0.05) is 43.7 Å². The van der Waals surface area contributed by atoms with Crippen LogP contribution in [0.25, 0.3) is 0 Å². The van der Waals surface area contributed by atoms with Crippen molar-refractivity contribution in [2.75, 3.05) is 5.32 Å². The molecule has 3 N–H and O–H groups in total. The molecule has 2 rings (SSSR count). The fourth-order valence-corrected chi connectivity index (χ4v) is 3.39. The fourth-order valence-electron chi connectivity index (χ4n) is 2.76. The molecule has 0 bridgehead atoms. The zero-order valence-electron chi connectivity index (χ0n) is 14.7. The number of aryl methyl sites for hydroxylation is 1. The number of nitrogens with two attached hydrogens (primary N) is 1. The van der Waals surface area contributed by atoms with Crippen molar-refractivity contribution in [3.63, 3.8) is 0 Å². The van der Waals surface area contributed by atoms with Crippen LogP contribution < -0.4 is 10.5 Å². The first-order valence-corrected chi connectivity index (χ1v) is 9.78. The van der Waals surface area contributed by atoms with Gasteiger partial charge in [-0.2, -0.15) is 0 Å². The number of sulfonamides is 1. The Hall–Kier alpha value is -2.18. The van der Waals surface area contributed by atoms with E-state index in [9.17, 15) is 13.2 Å². The predicted octanol–water partition coefficient (Wildman–Crippen LogP) is 3.47. The van der Waals surface area contributed by atoms with Crippen molar-refractivity contribution in [1.29, 1.82) is 0 Å². The number of amides is 1. The molecule has 2 aromatic rings. The summed E-state index contributed by atoms with van der Waals surface area (Å²) < 4.78 is 23.3. The number of hydrogen-bond donors (Lipinski definition) is 2. The van der Waals surface area contributed by atoms with Crippen LogP contribution in [-0.2, 0) is 14.8 Å². The van der Waals surface area contributed by atoms with Crippen LogP contribution in [-0.4, -0.2) is 14.3 Å². The van der Waals surface area contributed by atoms with Crippen molar-refractivity contribution in [2.24, 2.45) is 5.14 Å². The van der Waals surface area contributed by atoms with E-state index in [2.05, 4.69) is 5.32 Å². The number of benzene rings is 2. The normalized spacial score (nSPS) is 12.6. The van der Waals surface area contributed by atoms with E-state index in [1.165, 1.54) is 12.1 Å². The van der Waals surface area contributed by atoms with E-state index in [1.807, 2.05) is 44.2 Å². The molecule has 0 aliphatic carbocycles. The maximum atomic E-state index is 12.8. The molecule has 0 spiro atoms. The SMILES string of the molecule is CCC[C@@H](C(=O)Nc1cc(S(N)(=O)=O)cc(C)c1C)c1ccccc1. The van der Waals surface area contributed by atoms with Crippen molar-refractivity contribution in [1.82, 2.24) is 0 Å². The smallest absolute Gasteiger partial charge is 0.238 e. The molecular weight excluding hydrogens is 336 g/mol. The molecule has 0 aromatic heterocycles. The monoisotopic (exact) mass is 360 g/mol. The van der Waals surface area contributed by atoms with Crippen molar-refractivity contribution < 1.29 is 13.2 Å². The number of carbonyl (C=O) groups excluding carboxylic acids is 1. The quantitative estimate of drug-likeness (QED) is 0.826. The number of anilines is 1. The number of rotatable bonds is 6. The number of hydrogen-bond acceptors (Lipinski definition) is 3. The second kappa shape index (κ2) is 7.80. The van der Waals surface area contributed by atoms with Gasteiger partial charge in [0.25, 0.3) is 0 Å². The van der Waals surface area contributed by atoms with Crippen molar-refractivity contribution in [3.8, 4) is 0 Å². The van der Waals surface area contributed by atoms with E-state index >= 15 is 0 Å². The van der Waals surface area contributed by atoms with Gasteiger partial charge in [-0.15, -0.1) is 0 Å². The first kappa shape index (κ1) is 19.1. The molecule has 25 heavy (non-hydrogen) atoms. The lowest BCUT2D eigenvalue weighted by atomic mass is 9.93. The minimum atomic E-state index is -3.83. The van der Waals surface area contributed by atoms with E-state index in [-0.39, 0.29) is 16.7 Å². The molecule has 1 amide bonds. The van der Waals surface area contributed by atoms with Gasteiger partial charge < -0.3 is 5.32 Å². The minimum absolute atomic E-state index is 0.00217. The highest BCUT2D eigenvalue weighted by atomic mass is 32.2. The third kappa shape index (κ3) is 4.67. The third-order valence-electron chi connectivity index (χ3n) is 4.32. The van der Waals surface area contributed by atoms with Crippen LogP contribution >= 0.6 is 0 Å². The van der Waals surface area contributed by atoms with E-state index in [0.717, 1.165) is 23.1 Å². The Kier molecular flexibility index (Phi) is 5.98. The van der Waals surface area contributed by atoms with Crippen LogP contribution in [0.15, 0.2) is 47.4 Å². The molecular formula is C19H24N2O3S. The Bertz CT molecular complexity index is 862. The summed E-state index contributed by atoms with van der Waals surface area (Å²) in [5.74, 6) is -0.439. The average molecular weight is 360 g/mol. The standard InChI is InChI=1S/C19H24N2O3S/c1-4-8-17(15-9-6-5-7-10-15)19(22)21-18-12-16(25(20,23)24)11-13(2)14(18)3/h5-7,9-12,17H,4,8H2,1-3H3,(H,21,22)(H2,20,23,24)/t17-/m1/s1. The van der Waals surface area contributed by atoms with Crippen LogP contribution in [0, 0.1) is 13.8 Å². The molecule has 0 saturated carbocycles. The summed E-state index contributed by atoms with van der Waals surface area (Å²) in [5.41, 5.74) is 3.00. The zero-order valence-corrected chi connectivity index (χ0v) is 15.6. The highest BCUT2D eigenvalue weighted by Crippen LogP contribution is 2.27. The molecule has 0 fully saturated rings. The average Bonchev–Trinajstić information content (AvgIpc) is 2.56. The van der Waals surface area contributed by atoms with Crippen molar-refractivity contribution >= 4 is 21.6 Å².